The van der Waals surface area contributed by atoms with E-state index in [0.29, 0.717) is 0 Å². The maximum Gasteiger partial charge on any atom is 0.269 e. The highest BCUT2D eigenvalue weighted by atomic mass is 35.5. The summed E-state index contributed by atoms with van der Waals surface area (Å²) in [7, 11) is 0. The second-order valence-corrected chi connectivity index (χ2v) is 5.05. The van der Waals surface area contributed by atoms with Crippen molar-refractivity contribution in [2.24, 2.45) is 0 Å². The standard InChI is InChI=1S/C12H14ClNO2/c13-12(8-2-1-3-9-12)10-4-6-11(7-5-10)14(15)16/h4-7H,1-3,8-9H2. The third-order valence-electron chi connectivity index (χ3n) is 3.24. The molecule has 0 spiro atoms. The molecule has 0 radical (unpaired) electrons. The molecule has 0 heterocycles. The predicted molar refractivity (Wildman–Crippen MR) is 63.7 cm³/mol. The van der Waals surface area contributed by atoms with E-state index >= 15 is 0 Å². The molecule has 1 fully saturated rings. The Labute approximate surface area is 99.6 Å². The van der Waals surface area contributed by atoms with Gasteiger partial charge in [-0.2, -0.15) is 0 Å². The maximum atomic E-state index is 10.5. The number of rotatable bonds is 2. The second kappa shape index (κ2) is 4.42. The number of alkyl halides is 1. The van der Waals surface area contributed by atoms with Crippen LogP contribution in [0.25, 0.3) is 0 Å². The van der Waals surface area contributed by atoms with E-state index in [1.54, 1.807) is 12.1 Å². The van der Waals surface area contributed by atoms with E-state index in [9.17, 15) is 10.1 Å². The van der Waals surface area contributed by atoms with Crippen LogP contribution in [0.15, 0.2) is 24.3 Å². The zero-order chi connectivity index (χ0) is 11.6. The lowest BCUT2D eigenvalue weighted by atomic mass is 9.83. The van der Waals surface area contributed by atoms with Crippen molar-refractivity contribution in [2.45, 2.75) is 37.0 Å². The van der Waals surface area contributed by atoms with Gasteiger partial charge < -0.3 is 0 Å². The third-order valence-corrected chi connectivity index (χ3v) is 3.84. The summed E-state index contributed by atoms with van der Waals surface area (Å²) in [6, 6.07) is 6.65. The summed E-state index contributed by atoms with van der Waals surface area (Å²) in [4.78, 5) is 9.86. The highest BCUT2D eigenvalue weighted by Gasteiger charge is 2.31. The zero-order valence-electron chi connectivity index (χ0n) is 8.99. The van der Waals surface area contributed by atoms with E-state index in [-0.39, 0.29) is 15.5 Å². The molecule has 2 rings (SSSR count). The van der Waals surface area contributed by atoms with Crippen molar-refractivity contribution in [1.82, 2.24) is 0 Å². The number of nitro groups is 1. The monoisotopic (exact) mass is 239 g/mol. The van der Waals surface area contributed by atoms with E-state index in [0.717, 1.165) is 31.2 Å². The minimum absolute atomic E-state index is 0.125. The highest BCUT2D eigenvalue weighted by Crippen LogP contribution is 2.43. The molecule has 1 aromatic rings. The van der Waals surface area contributed by atoms with Gasteiger partial charge in [-0.3, -0.25) is 10.1 Å². The number of non-ortho nitro benzene ring substituents is 1. The smallest absolute Gasteiger partial charge is 0.258 e. The van der Waals surface area contributed by atoms with Crippen LogP contribution in [0.4, 0.5) is 5.69 Å². The molecule has 1 aromatic carbocycles. The van der Waals surface area contributed by atoms with Crippen molar-refractivity contribution in [3.05, 3.63) is 39.9 Å². The number of nitro benzene ring substituents is 1. The Hall–Kier alpha value is -1.09. The predicted octanol–water partition coefficient (Wildman–Crippen LogP) is 3.99. The topological polar surface area (TPSA) is 43.1 Å². The molecule has 0 atom stereocenters. The van der Waals surface area contributed by atoms with Gasteiger partial charge >= 0.3 is 0 Å². The van der Waals surface area contributed by atoms with E-state index in [2.05, 4.69) is 0 Å². The summed E-state index contributed by atoms with van der Waals surface area (Å²) in [6.45, 7) is 0. The molecule has 4 heteroatoms. The summed E-state index contributed by atoms with van der Waals surface area (Å²) < 4.78 is 0. The Kier molecular flexibility index (Phi) is 3.15. The zero-order valence-corrected chi connectivity index (χ0v) is 9.74. The molecule has 1 aliphatic rings. The molecule has 16 heavy (non-hydrogen) atoms. The first-order chi connectivity index (χ1) is 7.62. The van der Waals surface area contributed by atoms with Gasteiger partial charge in [-0.25, -0.2) is 0 Å². The fourth-order valence-corrected chi connectivity index (χ4v) is 2.68. The number of halogens is 1. The Morgan fingerprint density at radius 1 is 1.12 bits per heavy atom. The van der Waals surface area contributed by atoms with Crippen LogP contribution in [0, 0.1) is 10.1 Å². The Balaban J connectivity index is 2.23. The normalized spacial score (nSPS) is 19.3. The first-order valence-corrected chi connectivity index (χ1v) is 5.93. The first-order valence-electron chi connectivity index (χ1n) is 5.56. The van der Waals surface area contributed by atoms with Gasteiger partial charge in [-0.1, -0.05) is 31.4 Å². The van der Waals surface area contributed by atoms with Crippen LogP contribution in [0.3, 0.4) is 0 Å². The second-order valence-electron chi connectivity index (χ2n) is 4.33. The van der Waals surface area contributed by atoms with Crippen molar-refractivity contribution in [2.75, 3.05) is 0 Å². The van der Waals surface area contributed by atoms with Crippen LogP contribution in [0.5, 0.6) is 0 Å². The van der Waals surface area contributed by atoms with Gasteiger partial charge in [-0.05, 0) is 18.4 Å². The summed E-state index contributed by atoms with van der Waals surface area (Å²) in [5.41, 5.74) is 1.14. The molecular weight excluding hydrogens is 226 g/mol. The van der Waals surface area contributed by atoms with E-state index in [4.69, 9.17) is 11.6 Å². The van der Waals surface area contributed by atoms with Crippen molar-refractivity contribution >= 4 is 17.3 Å². The molecule has 0 bridgehead atoms. The van der Waals surface area contributed by atoms with Crippen molar-refractivity contribution in [3.8, 4) is 0 Å². The Morgan fingerprint density at radius 3 is 2.19 bits per heavy atom. The van der Waals surface area contributed by atoms with Gasteiger partial charge in [0.05, 0.1) is 9.80 Å². The summed E-state index contributed by atoms with van der Waals surface area (Å²) in [5, 5.41) is 10.5. The molecule has 0 saturated heterocycles. The van der Waals surface area contributed by atoms with Crippen LogP contribution in [-0.2, 0) is 4.87 Å². The Bertz CT molecular complexity index is 383. The molecule has 0 aromatic heterocycles. The first kappa shape index (κ1) is 11.4. The average molecular weight is 240 g/mol. The van der Waals surface area contributed by atoms with Crippen molar-refractivity contribution in [3.63, 3.8) is 0 Å². The molecular formula is C12H14ClNO2. The molecule has 0 amide bonds. The van der Waals surface area contributed by atoms with Crippen molar-refractivity contribution in [1.29, 1.82) is 0 Å². The van der Waals surface area contributed by atoms with Gasteiger partial charge in [0.15, 0.2) is 0 Å². The highest BCUT2D eigenvalue weighted by molar-refractivity contribution is 6.24. The summed E-state index contributed by atoms with van der Waals surface area (Å²) >= 11 is 6.56. The van der Waals surface area contributed by atoms with Gasteiger partial charge in [0.1, 0.15) is 0 Å². The largest absolute Gasteiger partial charge is 0.269 e. The number of nitrogens with zero attached hydrogens (tertiary/aromatic N) is 1. The van der Waals surface area contributed by atoms with E-state index in [1.165, 1.54) is 18.6 Å². The van der Waals surface area contributed by atoms with Gasteiger partial charge in [-0.15, -0.1) is 11.6 Å². The summed E-state index contributed by atoms with van der Waals surface area (Å²) in [5.74, 6) is 0. The lowest BCUT2D eigenvalue weighted by Crippen LogP contribution is -2.21. The number of benzene rings is 1. The minimum Gasteiger partial charge on any atom is -0.258 e. The number of hydrogen-bond acceptors (Lipinski definition) is 2. The van der Waals surface area contributed by atoms with Crippen LogP contribution in [0.2, 0.25) is 0 Å². The quantitative estimate of drug-likeness (QED) is 0.445. The van der Waals surface area contributed by atoms with E-state index in [1.807, 2.05) is 0 Å². The molecule has 0 aliphatic heterocycles. The Morgan fingerprint density at radius 2 is 1.69 bits per heavy atom. The van der Waals surface area contributed by atoms with Gasteiger partial charge in [0.2, 0.25) is 0 Å². The fourth-order valence-electron chi connectivity index (χ4n) is 2.28. The van der Waals surface area contributed by atoms with Crippen LogP contribution < -0.4 is 0 Å². The molecule has 3 nitrogen and oxygen atoms in total. The van der Waals surface area contributed by atoms with Crippen LogP contribution in [-0.4, -0.2) is 4.92 Å². The number of hydrogen-bond donors (Lipinski definition) is 0. The summed E-state index contributed by atoms with van der Waals surface area (Å²) in [6.07, 6.45) is 5.45. The molecule has 1 aliphatic carbocycles. The van der Waals surface area contributed by atoms with Crippen LogP contribution >= 0.6 is 11.6 Å². The fraction of sp³-hybridized carbons (Fsp3) is 0.500. The third kappa shape index (κ3) is 2.19. The van der Waals surface area contributed by atoms with Gasteiger partial charge in [0.25, 0.3) is 5.69 Å². The molecule has 86 valence electrons. The van der Waals surface area contributed by atoms with Crippen molar-refractivity contribution < 1.29 is 4.92 Å². The van der Waals surface area contributed by atoms with Gasteiger partial charge in [0, 0.05) is 12.1 Å². The average Bonchev–Trinajstić information content (AvgIpc) is 2.30. The maximum absolute atomic E-state index is 10.5. The van der Waals surface area contributed by atoms with Crippen LogP contribution in [0.1, 0.15) is 37.7 Å². The molecule has 1 saturated carbocycles. The SMILES string of the molecule is O=[N+]([O-])c1ccc(C2(Cl)CCCCC2)cc1. The lowest BCUT2D eigenvalue weighted by molar-refractivity contribution is -0.384. The van der Waals surface area contributed by atoms with E-state index < -0.39 is 0 Å². The minimum atomic E-state index is -0.383. The molecule has 0 N–H and O–H groups in total. The lowest BCUT2D eigenvalue weighted by Gasteiger charge is -2.31. The molecule has 0 unspecified atom stereocenters.